The summed E-state index contributed by atoms with van der Waals surface area (Å²) in [4.78, 5) is 14.1. The molecule has 1 fully saturated rings. The normalized spacial score (nSPS) is 19.0. The molecule has 2 N–H and O–H groups in total. The third kappa shape index (κ3) is 3.58. The van der Waals surface area contributed by atoms with E-state index >= 15 is 0 Å². The van der Waals surface area contributed by atoms with Gasteiger partial charge in [0, 0.05) is 24.7 Å². The summed E-state index contributed by atoms with van der Waals surface area (Å²) < 4.78 is 5.39. The lowest BCUT2D eigenvalue weighted by Gasteiger charge is -2.30. The van der Waals surface area contributed by atoms with Crippen molar-refractivity contribution in [1.29, 1.82) is 0 Å². The fourth-order valence-electron chi connectivity index (χ4n) is 2.23. The second-order valence-corrected chi connectivity index (χ2v) is 4.78. The summed E-state index contributed by atoms with van der Waals surface area (Å²) in [5, 5.41) is 0. The van der Waals surface area contributed by atoms with Gasteiger partial charge in [0.15, 0.2) is 0 Å². The summed E-state index contributed by atoms with van der Waals surface area (Å²) in [5.74, 6) is 0.789. The Hall–Kier alpha value is -1.81. The molecule has 0 aliphatic carbocycles. The second kappa shape index (κ2) is 6.38. The quantitative estimate of drug-likeness (QED) is 0.840. The average molecular weight is 260 g/mol. The smallest absolute Gasteiger partial charge is 0.253 e. The van der Waals surface area contributed by atoms with Crippen LogP contribution in [0.15, 0.2) is 36.9 Å². The summed E-state index contributed by atoms with van der Waals surface area (Å²) in [7, 11) is 0. The van der Waals surface area contributed by atoms with E-state index in [9.17, 15) is 4.79 Å². The van der Waals surface area contributed by atoms with Gasteiger partial charge in [0.1, 0.15) is 12.4 Å². The minimum atomic E-state index is 0.0467. The van der Waals surface area contributed by atoms with Crippen LogP contribution >= 0.6 is 0 Å². The van der Waals surface area contributed by atoms with Crippen LogP contribution in [0, 0.1) is 0 Å². The van der Waals surface area contributed by atoms with E-state index in [0.29, 0.717) is 18.7 Å². The minimum absolute atomic E-state index is 0.0467. The predicted octanol–water partition coefficient (Wildman–Crippen LogP) is 1.81. The zero-order valence-electron chi connectivity index (χ0n) is 11.0. The van der Waals surface area contributed by atoms with E-state index in [1.807, 2.05) is 4.90 Å². The molecule has 0 saturated carbocycles. The molecule has 1 saturated heterocycles. The van der Waals surface area contributed by atoms with Gasteiger partial charge in [0.2, 0.25) is 0 Å². The number of nitrogens with two attached hydrogens (primary N) is 1. The Bertz CT molecular complexity index is 442. The van der Waals surface area contributed by atoms with Gasteiger partial charge in [-0.05, 0) is 37.1 Å². The third-order valence-corrected chi connectivity index (χ3v) is 3.21. The van der Waals surface area contributed by atoms with E-state index < -0.39 is 0 Å². The van der Waals surface area contributed by atoms with Gasteiger partial charge in [0.05, 0.1) is 0 Å². The molecule has 0 spiro atoms. The number of piperidine rings is 1. The molecule has 4 heteroatoms. The maximum atomic E-state index is 12.3. The van der Waals surface area contributed by atoms with E-state index in [-0.39, 0.29) is 11.9 Å². The van der Waals surface area contributed by atoms with Crippen LogP contribution in [0.1, 0.15) is 23.2 Å². The van der Waals surface area contributed by atoms with Crippen molar-refractivity contribution in [1.82, 2.24) is 4.90 Å². The van der Waals surface area contributed by atoms with Gasteiger partial charge >= 0.3 is 0 Å². The molecule has 1 heterocycles. The monoisotopic (exact) mass is 260 g/mol. The summed E-state index contributed by atoms with van der Waals surface area (Å²) in [6.45, 7) is 5.50. The van der Waals surface area contributed by atoms with Gasteiger partial charge in [0.25, 0.3) is 5.91 Å². The molecular formula is C15H20N2O2. The van der Waals surface area contributed by atoms with Crippen LogP contribution in [0.5, 0.6) is 5.75 Å². The number of ether oxygens (including phenoxy) is 1. The molecule has 4 nitrogen and oxygen atoms in total. The van der Waals surface area contributed by atoms with Crippen LogP contribution in [-0.4, -0.2) is 36.5 Å². The van der Waals surface area contributed by atoms with Crippen molar-refractivity contribution in [3.8, 4) is 5.75 Å². The van der Waals surface area contributed by atoms with E-state index in [1.54, 1.807) is 30.3 Å². The Labute approximate surface area is 113 Å². The highest BCUT2D eigenvalue weighted by molar-refractivity contribution is 5.94. The van der Waals surface area contributed by atoms with E-state index in [4.69, 9.17) is 10.5 Å². The maximum absolute atomic E-state index is 12.3. The van der Waals surface area contributed by atoms with Gasteiger partial charge in [-0.25, -0.2) is 0 Å². The van der Waals surface area contributed by atoms with Crippen LogP contribution in [0.4, 0.5) is 0 Å². The summed E-state index contributed by atoms with van der Waals surface area (Å²) >= 11 is 0. The molecule has 1 aliphatic rings. The van der Waals surface area contributed by atoms with Crippen molar-refractivity contribution in [3.05, 3.63) is 42.5 Å². The summed E-state index contributed by atoms with van der Waals surface area (Å²) in [6, 6.07) is 7.30. The first kappa shape index (κ1) is 13.6. The van der Waals surface area contributed by atoms with E-state index in [1.165, 1.54) is 0 Å². The van der Waals surface area contributed by atoms with Gasteiger partial charge in [-0.2, -0.15) is 0 Å². The summed E-state index contributed by atoms with van der Waals surface area (Å²) in [5.41, 5.74) is 6.58. The zero-order chi connectivity index (χ0) is 13.7. The standard InChI is InChI=1S/C15H20N2O2/c1-2-10-19-14-7-5-12(6-8-14)15(18)17-9-3-4-13(16)11-17/h2,5-8,13H,1,3-4,9-11,16H2. The molecule has 0 aromatic heterocycles. The van der Waals surface area contributed by atoms with Crippen molar-refractivity contribution in [2.45, 2.75) is 18.9 Å². The fraction of sp³-hybridized carbons (Fsp3) is 0.400. The Morgan fingerprint density at radius 2 is 2.21 bits per heavy atom. The van der Waals surface area contributed by atoms with Crippen molar-refractivity contribution in [3.63, 3.8) is 0 Å². The lowest BCUT2D eigenvalue weighted by molar-refractivity contribution is 0.0709. The van der Waals surface area contributed by atoms with Crippen LogP contribution in [0.2, 0.25) is 0 Å². The third-order valence-electron chi connectivity index (χ3n) is 3.21. The van der Waals surface area contributed by atoms with Crippen molar-refractivity contribution >= 4 is 5.91 Å². The Balaban J connectivity index is 2.00. The molecule has 0 bridgehead atoms. The highest BCUT2D eigenvalue weighted by Crippen LogP contribution is 2.16. The molecule has 1 amide bonds. The number of amides is 1. The number of nitrogens with zero attached hydrogens (tertiary/aromatic N) is 1. The first-order chi connectivity index (χ1) is 9.20. The second-order valence-electron chi connectivity index (χ2n) is 4.78. The molecule has 1 aromatic rings. The van der Waals surface area contributed by atoms with Crippen LogP contribution in [0.3, 0.4) is 0 Å². The largest absolute Gasteiger partial charge is 0.490 e. The lowest BCUT2D eigenvalue weighted by Crippen LogP contribution is -2.45. The first-order valence-corrected chi connectivity index (χ1v) is 6.59. The van der Waals surface area contributed by atoms with Gasteiger partial charge in [-0.1, -0.05) is 12.7 Å². The van der Waals surface area contributed by atoms with Crippen LogP contribution in [-0.2, 0) is 0 Å². The molecule has 19 heavy (non-hydrogen) atoms. The topological polar surface area (TPSA) is 55.6 Å². The number of carbonyl (C=O) groups is 1. The molecule has 1 atom stereocenters. The highest BCUT2D eigenvalue weighted by Gasteiger charge is 2.22. The summed E-state index contributed by atoms with van der Waals surface area (Å²) in [6.07, 6.45) is 3.67. The Kier molecular flexibility index (Phi) is 4.58. The van der Waals surface area contributed by atoms with Crippen molar-refractivity contribution in [2.24, 2.45) is 5.73 Å². The molecule has 1 aromatic carbocycles. The molecule has 2 rings (SSSR count). The average Bonchev–Trinajstić information content (AvgIpc) is 2.45. The first-order valence-electron chi connectivity index (χ1n) is 6.59. The number of carbonyl (C=O) groups excluding carboxylic acids is 1. The lowest BCUT2D eigenvalue weighted by atomic mass is 10.1. The number of hydrogen-bond donors (Lipinski definition) is 1. The molecule has 102 valence electrons. The number of likely N-dealkylation sites (tertiary alicyclic amines) is 1. The van der Waals surface area contributed by atoms with Crippen LogP contribution < -0.4 is 10.5 Å². The SMILES string of the molecule is C=CCOc1ccc(C(=O)N2CCCC(N)C2)cc1. The molecule has 1 aliphatic heterocycles. The zero-order valence-corrected chi connectivity index (χ0v) is 11.0. The Morgan fingerprint density at radius 3 is 2.84 bits per heavy atom. The fourth-order valence-corrected chi connectivity index (χ4v) is 2.23. The minimum Gasteiger partial charge on any atom is -0.490 e. The number of rotatable bonds is 4. The van der Waals surface area contributed by atoms with Crippen molar-refractivity contribution in [2.75, 3.05) is 19.7 Å². The highest BCUT2D eigenvalue weighted by atomic mass is 16.5. The van der Waals surface area contributed by atoms with E-state index in [0.717, 1.165) is 25.1 Å². The van der Waals surface area contributed by atoms with E-state index in [2.05, 4.69) is 6.58 Å². The molecule has 0 radical (unpaired) electrons. The molecule has 1 unspecified atom stereocenters. The molecular weight excluding hydrogens is 240 g/mol. The number of benzene rings is 1. The van der Waals surface area contributed by atoms with Gasteiger partial charge < -0.3 is 15.4 Å². The van der Waals surface area contributed by atoms with Crippen molar-refractivity contribution < 1.29 is 9.53 Å². The number of hydrogen-bond acceptors (Lipinski definition) is 3. The van der Waals surface area contributed by atoms with Gasteiger partial charge in [-0.15, -0.1) is 0 Å². The Morgan fingerprint density at radius 1 is 1.47 bits per heavy atom. The predicted molar refractivity (Wildman–Crippen MR) is 75.2 cm³/mol. The van der Waals surface area contributed by atoms with Gasteiger partial charge in [-0.3, -0.25) is 4.79 Å². The maximum Gasteiger partial charge on any atom is 0.253 e. The van der Waals surface area contributed by atoms with Crippen LogP contribution in [0.25, 0.3) is 0 Å².